The van der Waals surface area contributed by atoms with E-state index in [4.69, 9.17) is 4.42 Å². The van der Waals surface area contributed by atoms with E-state index in [1.807, 2.05) is 0 Å². The molecule has 8 heteroatoms. The highest BCUT2D eigenvalue weighted by molar-refractivity contribution is 7.90. The van der Waals surface area contributed by atoms with Crippen molar-refractivity contribution in [3.05, 3.63) is 15.3 Å². The predicted octanol–water partition coefficient (Wildman–Crippen LogP) is 1.41. The molecule has 94 valence electrons. The number of thiophene rings is 1. The van der Waals surface area contributed by atoms with E-state index in [0.29, 0.717) is 11.0 Å². The summed E-state index contributed by atoms with van der Waals surface area (Å²) >= 11 is 1.42. The Balaban J connectivity index is 2.50. The van der Waals surface area contributed by atoms with Gasteiger partial charge in [-0.3, -0.25) is 9.59 Å². The van der Waals surface area contributed by atoms with Crippen LogP contribution in [0.4, 0.5) is 0 Å². The van der Waals surface area contributed by atoms with Crippen LogP contribution in [0, 0.1) is 13.8 Å². The van der Waals surface area contributed by atoms with Crippen LogP contribution in [0.5, 0.6) is 0 Å². The number of carbonyl (C=O) groups excluding carboxylic acids is 2. The zero-order valence-corrected chi connectivity index (χ0v) is 11.0. The van der Waals surface area contributed by atoms with E-state index >= 15 is 0 Å². The van der Waals surface area contributed by atoms with Gasteiger partial charge in [-0.25, -0.2) is 0 Å². The molecule has 0 N–H and O–H groups in total. The summed E-state index contributed by atoms with van der Waals surface area (Å²) in [7, 11) is -4.16. The van der Waals surface area contributed by atoms with Gasteiger partial charge in [0.1, 0.15) is 5.56 Å². The maximum atomic E-state index is 11.9. The molecule has 0 aliphatic carbocycles. The normalized spacial score (nSPS) is 17.4. The molecule has 0 radical (unpaired) electrons. The fourth-order valence-electron chi connectivity index (χ4n) is 2.11. The van der Waals surface area contributed by atoms with E-state index in [1.54, 1.807) is 13.8 Å². The Bertz CT molecular complexity index is 811. The van der Waals surface area contributed by atoms with Crippen molar-refractivity contribution in [3.8, 4) is 0 Å². The zero-order valence-electron chi connectivity index (χ0n) is 9.38. The predicted molar refractivity (Wildman–Crippen MR) is 63.0 cm³/mol. The average Bonchev–Trinajstić information content (AvgIpc) is 2.84. The number of aryl methyl sites for hydroxylation is 2. The number of sulfonamides is 1. The van der Waals surface area contributed by atoms with Crippen LogP contribution in [0.2, 0.25) is 0 Å². The third-order valence-corrected chi connectivity index (χ3v) is 5.38. The Morgan fingerprint density at radius 2 is 1.94 bits per heavy atom. The Kier molecular flexibility index (Phi) is 2.04. The van der Waals surface area contributed by atoms with E-state index in [-0.39, 0.29) is 16.3 Å². The molecule has 0 unspecified atom stereocenters. The van der Waals surface area contributed by atoms with Crippen molar-refractivity contribution >= 4 is 44.6 Å². The lowest BCUT2D eigenvalue weighted by atomic mass is 10.2. The zero-order chi connectivity index (χ0) is 13.2. The van der Waals surface area contributed by atoms with Gasteiger partial charge in [0.2, 0.25) is 6.41 Å². The van der Waals surface area contributed by atoms with Crippen molar-refractivity contribution in [3.63, 3.8) is 0 Å². The molecule has 6 nitrogen and oxygen atoms in total. The second kappa shape index (κ2) is 3.21. The SMILES string of the molecule is Cc1sc(C)c2c3c(oc12)S(=O)(=O)N(C=O)C3=O. The number of carbonyl (C=O) groups is 2. The monoisotopic (exact) mass is 285 g/mol. The quantitative estimate of drug-likeness (QED) is 0.740. The standard InChI is InChI=1S/C10H7NO5S2/c1-4-6-7-9(13)11(3-12)18(14,15)10(7)16-8(6)5(2)17-4/h3H,1-2H3. The number of fused-ring (bicyclic) bond motifs is 3. The number of amides is 2. The molecule has 3 heterocycles. The topological polar surface area (TPSA) is 84.7 Å². The molecule has 2 amide bonds. The molecule has 0 spiro atoms. The Morgan fingerprint density at radius 1 is 1.28 bits per heavy atom. The van der Waals surface area contributed by atoms with Gasteiger partial charge in [0, 0.05) is 15.1 Å². The van der Waals surface area contributed by atoms with E-state index in [0.717, 1.165) is 9.75 Å². The summed E-state index contributed by atoms with van der Waals surface area (Å²) in [6, 6.07) is 0. The molecule has 0 atom stereocenters. The number of rotatable bonds is 1. The summed E-state index contributed by atoms with van der Waals surface area (Å²) in [4.78, 5) is 24.3. The summed E-state index contributed by atoms with van der Waals surface area (Å²) in [5, 5.41) is 0.0639. The molecule has 0 saturated heterocycles. The highest BCUT2D eigenvalue weighted by Crippen LogP contribution is 2.42. The first-order chi connectivity index (χ1) is 8.39. The minimum Gasteiger partial charge on any atom is -0.441 e. The number of furan rings is 1. The number of hydrogen-bond donors (Lipinski definition) is 0. The van der Waals surface area contributed by atoms with Crippen LogP contribution in [0.25, 0.3) is 11.0 Å². The Hall–Kier alpha value is -1.67. The minimum atomic E-state index is -4.16. The molecular formula is C10H7NO5S2. The summed E-state index contributed by atoms with van der Waals surface area (Å²) in [6.45, 7) is 3.56. The lowest BCUT2D eigenvalue weighted by molar-refractivity contribution is -0.112. The van der Waals surface area contributed by atoms with Gasteiger partial charge in [0.15, 0.2) is 5.58 Å². The van der Waals surface area contributed by atoms with Crippen molar-refractivity contribution in [1.82, 2.24) is 4.31 Å². The first kappa shape index (κ1) is 11.4. The summed E-state index contributed by atoms with van der Waals surface area (Å²) in [5.41, 5.74) is 0.379. The van der Waals surface area contributed by atoms with E-state index < -0.39 is 21.0 Å². The smallest absolute Gasteiger partial charge is 0.307 e. The van der Waals surface area contributed by atoms with Gasteiger partial charge < -0.3 is 4.42 Å². The molecule has 2 aromatic heterocycles. The first-order valence-electron chi connectivity index (χ1n) is 4.96. The summed E-state index contributed by atoms with van der Waals surface area (Å²) < 4.78 is 29.3. The second-order valence-corrected chi connectivity index (χ2v) is 7.04. The van der Waals surface area contributed by atoms with Gasteiger partial charge in [0.25, 0.3) is 11.0 Å². The van der Waals surface area contributed by atoms with E-state index in [2.05, 4.69) is 0 Å². The van der Waals surface area contributed by atoms with E-state index in [1.165, 1.54) is 11.3 Å². The molecular weight excluding hydrogens is 278 g/mol. The molecule has 1 aliphatic heterocycles. The molecule has 2 aromatic rings. The Labute approximate surface area is 106 Å². The van der Waals surface area contributed by atoms with Crippen LogP contribution in [0.15, 0.2) is 9.51 Å². The van der Waals surface area contributed by atoms with Crippen molar-refractivity contribution in [1.29, 1.82) is 0 Å². The number of imide groups is 1. The van der Waals surface area contributed by atoms with Crippen molar-refractivity contribution < 1.29 is 22.4 Å². The van der Waals surface area contributed by atoms with Crippen LogP contribution in [-0.2, 0) is 14.8 Å². The molecule has 18 heavy (non-hydrogen) atoms. The first-order valence-corrected chi connectivity index (χ1v) is 7.21. The third kappa shape index (κ3) is 1.09. The van der Waals surface area contributed by atoms with Crippen LogP contribution in [-0.4, -0.2) is 25.0 Å². The maximum absolute atomic E-state index is 11.9. The molecule has 0 fully saturated rings. The highest BCUT2D eigenvalue weighted by Gasteiger charge is 2.47. The summed E-state index contributed by atoms with van der Waals surface area (Å²) in [5.74, 6) is -0.848. The molecule has 1 aliphatic rings. The van der Waals surface area contributed by atoms with Crippen molar-refractivity contribution in [2.75, 3.05) is 0 Å². The van der Waals surface area contributed by atoms with E-state index in [9.17, 15) is 18.0 Å². The van der Waals surface area contributed by atoms with Crippen LogP contribution >= 0.6 is 11.3 Å². The van der Waals surface area contributed by atoms with Gasteiger partial charge in [-0.05, 0) is 13.8 Å². The lowest BCUT2D eigenvalue weighted by Crippen LogP contribution is -2.28. The lowest BCUT2D eigenvalue weighted by Gasteiger charge is -2.03. The van der Waals surface area contributed by atoms with Gasteiger partial charge in [-0.15, -0.1) is 11.3 Å². The van der Waals surface area contributed by atoms with Crippen LogP contribution in [0.1, 0.15) is 20.1 Å². The van der Waals surface area contributed by atoms with Crippen LogP contribution < -0.4 is 0 Å². The minimum absolute atomic E-state index is 0.00637. The fourth-order valence-corrected chi connectivity index (χ4v) is 4.34. The van der Waals surface area contributed by atoms with Crippen LogP contribution in [0.3, 0.4) is 0 Å². The Morgan fingerprint density at radius 3 is 2.56 bits per heavy atom. The number of hydrogen-bond acceptors (Lipinski definition) is 6. The largest absolute Gasteiger partial charge is 0.441 e. The molecule has 0 bridgehead atoms. The molecule has 0 saturated carbocycles. The van der Waals surface area contributed by atoms with Crippen molar-refractivity contribution in [2.24, 2.45) is 0 Å². The molecule has 3 rings (SSSR count). The maximum Gasteiger partial charge on any atom is 0.307 e. The fraction of sp³-hybridized carbons (Fsp3) is 0.200. The van der Waals surface area contributed by atoms with Gasteiger partial charge in [-0.1, -0.05) is 0 Å². The van der Waals surface area contributed by atoms with Crippen molar-refractivity contribution in [2.45, 2.75) is 18.9 Å². The number of nitrogens with zero attached hydrogens (tertiary/aromatic N) is 1. The second-order valence-electron chi connectivity index (χ2n) is 3.89. The average molecular weight is 285 g/mol. The summed E-state index contributed by atoms with van der Waals surface area (Å²) in [6.07, 6.45) is -0.00637. The van der Waals surface area contributed by atoms with Gasteiger partial charge >= 0.3 is 10.0 Å². The van der Waals surface area contributed by atoms with Gasteiger partial charge in [0.05, 0.1) is 0 Å². The molecule has 0 aromatic carbocycles. The van der Waals surface area contributed by atoms with Gasteiger partial charge in [-0.2, -0.15) is 12.7 Å². The highest BCUT2D eigenvalue weighted by atomic mass is 32.2. The third-order valence-electron chi connectivity index (χ3n) is 2.86.